The molecule has 0 radical (unpaired) electrons. The fourth-order valence-corrected chi connectivity index (χ4v) is 1.85. The minimum Gasteiger partial charge on any atom is -0.497 e. The molecule has 0 aliphatic rings. The largest absolute Gasteiger partial charge is 0.497 e. The maximum atomic E-state index is 5.16. The third kappa shape index (κ3) is 2.33. The first-order chi connectivity index (χ1) is 8.28. The van der Waals surface area contributed by atoms with Gasteiger partial charge in [0.1, 0.15) is 5.75 Å². The molecule has 0 N–H and O–H groups in total. The number of aromatic nitrogens is 2. The molecule has 2 rings (SSSR count). The van der Waals surface area contributed by atoms with Crippen LogP contribution >= 0.6 is 0 Å². The molecular formula is C14H18N2O. The zero-order valence-electron chi connectivity index (χ0n) is 10.6. The highest BCUT2D eigenvalue weighted by Gasteiger charge is 2.07. The van der Waals surface area contributed by atoms with E-state index in [0.29, 0.717) is 0 Å². The summed E-state index contributed by atoms with van der Waals surface area (Å²) in [5, 5.41) is 4.60. The van der Waals surface area contributed by atoms with Crippen LogP contribution in [0.4, 0.5) is 0 Å². The molecule has 0 saturated heterocycles. The smallest absolute Gasteiger partial charge is 0.119 e. The van der Waals surface area contributed by atoms with Crippen molar-refractivity contribution in [3.05, 3.63) is 41.7 Å². The summed E-state index contributed by atoms with van der Waals surface area (Å²) in [6.45, 7) is 4.27. The Kier molecular flexibility index (Phi) is 3.47. The molecule has 0 aliphatic heterocycles. The molecule has 1 heterocycles. The van der Waals surface area contributed by atoms with E-state index in [0.717, 1.165) is 30.0 Å². The summed E-state index contributed by atoms with van der Waals surface area (Å²) in [6, 6.07) is 10.2. The van der Waals surface area contributed by atoms with Gasteiger partial charge in [0.2, 0.25) is 0 Å². The number of hydrogen-bond acceptors (Lipinski definition) is 2. The van der Waals surface area contributed by atoms with E-state index in [1.54, 1.807) is 7.11 Å². The number of ether oxygens (including phenoxy) is 1. The topological polar surface area (TPSA) is 27.1 Å². The van der Waals surface area contributed by atoms with Gasteiger partial charge < -0.3 is 4.74 Å². The third-order valence-electron chi connectivity index (χ3n) is 2.88. The molecule has 90 valence electrons. The lowest BCUT2D eigenvalue weighted by Gasteiger charge is -2.06. The first kappa shape index (κ1) is 11.7. The maximum Gasteiger partial charge on any atom is 0.119 e. The van der Waals surface area contributed by atoms with Crippen molar-refractivity contribution in [3.63, 3.8) is 0 Å². The third-order valence-corrected chi connectivity index (χ3v) is 2.88. The van der Waals surface area contributed by atoms with Crippen LogP contribution in [0.15, 0.2) is 30.3 Å². The molecule has 0 unspecified atom stereocenters. The van der Waals surface area contributed by atoms with Crippen LogP contribution < -0.4 is 4.74 Å². The highest BCUT2D eigenvalue weighted by Crippen LogP contribution is 2.17. The maximum absolute atomic E-state index is 5.16. The highest BCUT2D eigenvalue weighted by molar-refractivity contribution is 5.38. The van der Waals surface area contributed by atoms with Gasteiger partial charge in [-0.05, 0) is 43.2 Å². The number of methoxy groups -OCH3 is 1. The molecule has 0 spiro atoms. The zero-order valence-corrected chi connectivity index (χ0v) is 10.6. The number of rotatable bonds is 4. The summed E-state index contributed by atoms with van der Waals surface area (Å²) in [6.07, 6.45) is 1.95. The Hall–Kier alpha value is -1.77. The average Bonchev–Trinajstić information content (AvgIpc) is 2.82. The van der Waals surface area contributed by atoms with Crippen LogP contribution in [-0.4, -0.2) is 16.9 Å². The van der Waals surface area contributed by atoms with Gasteiger partial charge in [-0.25, -0.2) is 4.68 Å². The van der Waals surface area contributed by atoms with E-state index in [9.17, 15) is 0 Å². The van der Waals surface area contributed by atoms with Crippen molar-refractivity contribution < 1.29 is 4.74 Å². The summed E-state index contributed by atoms with van der Waals surface area (Å²) < 4.78 is 7.17. The first-order valence-corrected chi connectivity index (χ1v) is 6.00. The normalized spacial score (nSPS) is 10.5. The van der Waals surface area contributed by atoms with E-state index in [-0.39, 0.29) is 0 Å². The average molecular weight is 230 g/mol. The second kappa shape index (κ2) is 5.04. The van der Waals surface area contributed by atoms with Gasteiger partial charge in [0.05, 0.1) is 18.5 Å². The van der Waals surface area contributed by atoms with Crippen LogP contribution in [0.3, 0.4) is 0 Å². The van der Waals surface area contributed by atoms with Crippen molar-refractivity contribution in [1.82, 2.24) is 9.78 Å². The van der Waals surface area contributed by atoms with Crippen LogP contribution in [-0.2, 0) is 12.8 Å². The number of aryl methyl sites for hydroxylation is 2. The van der Waals surface area contributed by atoms with Crippen molar-refractivity contribution in [3.8, 4) is 11.4 Å². The Morgan fingerprint density at radius 2 is 1.82 bits per heavy atom. The molecule has 0 amide bonds. The van der Waals surface area contributed by atoms with Gasteiger partial charge in [-0.1, -0.05) is 13.8 Å². The predicted octanol–water partition coefficient (Wildman–Crippen LogP) is 3.01. The van der Waals surface area contributed by atoms with Gasteiger partial charge in [0.25, 0.3) is 0 Å². The fourth-order valence-electron chi connectivity index (χ4n) is 1.85. The minimum absolute atomic E-state index is 0.870. The van der Waals surface area contributed by atoms with Gasteiger partial charge in [-0.2, -0.15) is 5.10 Å². The molecule has 0 bridgehead atoms. The van der Waals surface area contributed by atoms with Gasteiger partial charge >= 0.3 is 0 Å². The van der Waals surface area contributed by atoms with Crippen LogP contribution in [0.5, 0.6) is 5.75 Å². The summed E-state index contributed by atoms with van der Waals surface area (Å²) in [5.41, 5.74) is 3.46. The van der Waals surface area contributed by atoms with Crippen LogP contribution in [0.25, 0.3) is 5.69 Å². The SMILES string of the molecule is CCc1cc(CC)n(-c2ccc(OC)cc2)n1. The number of nitrogens with zero attached hydrogens (tertiary/aromatic N) is 2. The quantitative estimate of drug-likeness (QED) is 0.807. The molecule has 3 heteroatoms. The number of hydrogen-bond donors (Lipinski definition) is 0. The zero-order chi connectivity index (χ0) is 12.3. The fraction of sp³-hybridized carbons (Fsp3) is 0.357. The van der Waals surface area contributed by atoms with Crippen LogP contribution in [0.1, 0.15) is 25.2 Å². The Balaban J connectivity index is 2.40. The van der Waals surface area contributed by atoms with Crippen LogP contribution in [0.2, 0.25) is 0 Å². The van der Waals surface area contributed by atoms with E-state index < -0.39 is 0 Å². The standard InChI is InChI=1S/C14H18N2O/c1-4-11-10-12(5-2)16(15-11)13-6-8-14(17-3)9-7-13/h6-10H,4-5H2,1-3H3. The van der Waals surface area contributed by atoms with E-state index in [1.165, 1.54) is 5.69 Å². The summed E-state index contributed by atoms with van der Waals surface area (Å²) >= 11 is 0. The van der Waals surface area contributed by atoms with Gasteiger partial charge in [-0.15, -0.1) is 0 Å². The molecule has 1 aromatic heterocycles. The molecule has 1 aromatic carbocycles. The Bertz CT molecular complexity index is 485. The number of benzene rings is 1. The Morgan fingerprint density at radius 1 is 1.12 bits per heavy atom. The molecular weight excluding hydrogens is 212 g/mol. The predicted molar refractivity (Wildman–Crippen MR) is 68.9 cm³/mol. The first-order valence-electron chi connectivity index (χ1n) is 6.00. The minimum atomic E-state index is 0.870. The highest BCUT2D eigenvalue weighted by atomic mass is 16.5. The van der Waals surface area contributed by atoms with E-state index >= 15 is 0 Å². The molecule has 0 saturated carbocycles. The van der Waals surface area contributed by atoms with Gasteiger partial charge in [0, 0.05) is 5.69 Å². The molecule has 0 fully saturated rings. The van der Waals surface area contributed by atoms with Crippen molar-refractivity contribution in [2.24, 2.45) is 0 Å². The second-order valence-electron chi connectivity index (χ2n) is 3.94. The Labute approximate surface area is 102 Å². The molecule has 2 aromatic rings. The molecule has 0 aliphatic carbocycles. The molecule has 3 nitrogen and oxygen atoms in total. The second-order valence-corrected chi connectivity index (χ2v) is 3.94. The van der Waals surface area contributed by atoms with Gasteiger partial charge in [0.15, 0.2) is 0 Å². The molecule has 0 atom stereocenters. The van der Waals surface area contributed by atoms with E-state index in [2.05, 4.69) is 25.0 Å². The molecule has 17 heavy (non-hydrogen) atoms. The van der Waals surface area contributed by atoms with E-state index in [1.807, 2.05) is 28.9 Å². The van der Waals surface area contributed by atoms with Crippen molar-refractivity contribution >= 4 is 0 Å². The summed E-state index contributed by atoms with van der Waals surface area (Å²) in [4.78, 5) is 0. The van der Waals surface area contributed by atoms with Crippen molar-refractivity contribution in [1.29, 1.82) is 0 Å². The van der Waals surface area contributed by atoms with Crippen LogP contribution in [0, 0.1) is 0 Å². The lowest BCUT2D eigenvalue weighted by atomic mass is 10.2. The lowest BCUT2D eigenvalue weighted by Crippen LogP contribution is -2.01. The van der Waals surface area contributed by atoms with Gasteiger partial charge in [-0.3, -0.25) is 0 Å². The van der Waals surface area contributed by atoms with Crippen molar-refractivity contribution in [2.45, 2.75) is 26.7 Å². The Morgan fingerprint density at radius 3 is 2.35 bits per heavy atom. The lowest BCUT2D eigenvalue weighted by molar-refractivity contribution is 0.414. The summed E-state index contributed by atoms with van der Waals surface area (Å²) in [7, 11) is 1.68. The summed E-state index contributed by atoms with van der Waals surface area (Å²) in [5.74, 6) is 0.870. The monoisotopic (exact) mass is 230 g/mol. The van der Waals surface area contributed by atoms with E-state index in [4.69, 9.17) is 4.74 Å². The van der Waals surface area contributed by atoms with Crippen molar-refractivity contribution in [2.75, 3.05) is 7.11 Å².